The SMILES string of the molecule is C[C@@H](Sc1nc2cc(Cl)ccc2n1Cc1ccccc1)C(=O)NC(N)=O. The van der Waals surface area contributed by atoms with Gasteiger partial charge >= 0.3 is 6.03 Å². The lowest BCUT2D eigenvalue weighted by Gasteiger charge is -2.12. The highest BCUT2D eigenvalue weighted by atomic mass is 35.5. The Hall–Kier alpha value is -2.51. The molecule has 0 aliphatic rings. The number of nitrogens with one attached hydrogen (secondary N) is 1. The van der Waals surface area contributed by atoms with Crippen LogP contribution in [0.25, 0.3) is 11.0 Å². The van der Waals surface area contributed by atoms with E-state index in [4.69, 9.17) is 17.3 Å². The van der Waals surface area contributed by atoms with E-state index in [1.165, 1.54) is 11.8 Å². The number of imide groups is 1. The minimum absolute atomic E-state index is 0.459. The molecule has 1 atom stereocenters. The zero-order valence-electron chi connectivity index (χ0n) is 14.0. The molecule has 0 saturated heterocycles. The van der Waals surface area contributed by atoms with Gasteiger partial charge in [-0.1, -0.05) is 53.7 Å². The molecule has 3 N–H and O–H groups in total. The molecule has 134 valence electrons. The maximum Gasteiger partial charge on any atom is 0.318 e. The van der Waals surface area contributed by atoms with Crippen molar-refractivity contribution in [3.63, 3.8) is 0 Å². The third-order valence-corrected chi connectivity index (χ3v) is 5.08. The molecule has 3 rings (SSSR count). The Bertz CT molecular complexity index is 958. The summed E-state index contributed by atoms with van der Waals surface area (Å²) in [6.07, 6.45) is 0. The van der Waals surface area contributed by atoms with Gasteiger partial charge < -0.3 is 10.3 Å². The number of benzene rings is 2. The second kappa shape index (κ2) is 7.80. The van der Waals surface area contributed by atoms with Crippen molar-refractivity contribution >= 4 is 46.3 Å². The Balaban J connectivity index is 1.96. The number of rotatable bonds is 5. The fourth-order valence-electron chi connectivity index (χ4n) is 2.52. The Morgan fingerprint density at radius 2 is 2.00 bits per heavy atom. The third-order valence-electron chi connectivity index (χ3n) is 3.76. The molecular weight excluding hydrogens is 372 g/mol. The molecule has 0 aliphatic heterocycles. The Morgan fingerprint density at radius 1 is 1.27 bits per heavy atom. The molecule has 6 nitrogen and oxygen atoms in total. The number of nitrogens with two attached hydrogens (primary N) is 1. The summed E-state index contributed by atoms with van der Waals surface area (Å²) in [7, 11) is 0. The van der Waals surface area contributed by atoms with Crippen LogP contribution >= 0.6 is 23.4 Å². The highest BCUT2D eigenvalue weighted by Gasteiger charge is 2.20. The molecule has 0 radical (unpaired) electrons. The highest BCUT2D eigenvalue weighted by molar-refractivity contribution is 8.00. The van der Waals surface area contributed by atoms with Gasteiger partial charge in [-0.3, -0.25) is 10.1 Å². The van der Waals surface area contributed by atoms with Crippen LogP contribution in [0.3, 0.4) is 0 Å². The maximum absolute atomic E-state index is 12.0. The summed E-state index contributed by atoms with van der Waals surface area (Å²) in [5.41, 5.74) is 7.80. The number of hydrogen-bond acceptors (Lipinski definition) is 4. The molecule has 0 aliphatic carbocycles. The van der Waals surface area contributed by atoms with Crippen LogP contribution in [0.5, 0.6) is 0 Å². The van der Waals surface area contributed by atoms with Crippen LogP contribution in [0.4, 0.5) is 4.79 Å². The second-order valence-electron chi connectivity index (χ2n) is 5.71. The number of primary amides is 1. The van der Waals surface area contributed by atoms with Crippen LogP contribution in [0.15, 0.2) is 53.7 Å². The van der Waals surface area contributed by atoms with Gasteiger partial charge in [-0.2, -0.15) is 0 Å². The number of amides is 3. The lowest BCUT2D eigenvalue weighted by molar-refractivity contribution is -0.119. The number of carbonyl (C=O) groups is 2. The average molecular weight is 389 g/mol. The Kier molecular flexibility index (Phi) is 5.49. The van der Waals surface area contributed by atoms with E-state index in [9.17, 15) is 9.59 Å². The molecule has 3 amide bonds. The van der Waals surface area contributed by atoms with Crippen molar-refractivity contribution in [3.8, 4) is 0 Å². The van der Waals surface area contributed by atoms with Crippen molar-refractivity contribution < 1.29 is 9.59 Å². The maximum atomic E-state index is 12.0. The molecule has 3 aromatic rings. The molecule has 0 saturated carbocycles. The first-order valence-corrected chi connectivity index (χ1v) is 9.16. The van der Waals surface area contributed by atoms with Crippen LogP contribution < -0.4 is 11.1 Å². The molecular formula is C18H17ClN4O2S. The summed E-state index contributed by atoms with van der Waals surface area (Å²) in [6, 6.07) is 14.6. The van der Waals surface area contributed by atoms with Gasteiger partial charge in [-0.25, -0.2) is 9.78 Å². The summed E-state index contributed by atoms with van der Waals surface area (Å²) >= 11 is 7.34. The normalized spacial score (nSPS) is 12.1. The number of nitrogens with zero attached hydrogens (tertiary/aromatic N) is 2. The smallest absolute Gasteiger partial charge is 0.318 e. The van der Waals surface area contributed by atoms with Gasteiger partial charge in [0.2, 0.25) is 5.91 Å². The van der Waals surface area contributed by atoms with Gasteiger partial charge in [0, 0.05) is 5.02 Å². The number of thioether (sulfide) groups is 1. The largest absolute Gasteiger partial charge is 0.351 e. The molecule has 0 spiro atoms. The van der Waals surface area contributed by atoms with Crippen molar-refractivity contribution in [2.45, 2.75) is 23.9 Å². The van der Waals surface area contributed by atoms with E-state index < -0.39 is 17.2 Å². The van der Waals surface area contributed by atoms with E-state index in [1.54, 1.807) is 13.0 Å². The molecule has 1 heterocycles. The van der Waals surface area contributed by atoms with Gasteiger partial charge in [0.15, 0.2) is 5.16 Å². The summed E-state index contributed by atoms with van der Waals surface area (Å²) in [6.45, 7) is 2.30. The van der Waals surface area contributed by atoms with Gasteiger partial charge in [0.05, 0.1) is 22.8 Å². The van der Waals surface area contributed by atoms with E-state index in [1.807, 2.05) is 47.0 Å². The highest BCUT2D eigenvalue weighted by Crippen LogP contribution is 2.29. The number of fused-ring (bicyclic) bond motifs is 1. The molecule has 8 heteroatoms. The van der Waals surface area contributed by atoms with E-state index in [2.05, 4.69) is 10.3 Å². The lowest BCUT2D eigenvalue weighted by atomic mass is 10.2. The van der Waals surface area contributed by atoms with Crippen LogP contribution in [-0.2, 0) is 11.3 Å². The number of carbonyl (C=O) groups excluding carboxylic acids is 2. The van der Waals surface area contributed by atoms with Crippen molar-refractivity contribution in [2.75, 3.05) is 0 Å². The van der Waals surface area contributed by atoms with Gasteiger partial charge in [-0.15, -0.1) is 0 Å². The van der Waals surface area contributed by atoms with E-state index in [0.29, 0.717) is 16.7 Å². The average Bonchev–Trinajstić information content (AvgIpc) is 2.91. The van der Waals surface area contributed by atoms with Gasteiger partial charge in [-0.05, 0) is 30.7 Å². The van der Waals surface area contributed by atoms with Gasteiger partial charge in [0.1, 0.15) is 0 Å². The Labute approximate surface area is 159 Å². The number of halogens is 1. The van der Waals surface area contributed by atoms with Crippen molar-refractivity contribution in [2.24, 2.45) is 5.73 Å². The van der Waals surface area contributed by atoms with Crippen LogP contribution in [0.2, 0.25) is 5.02 Å². The summed E-state index contributed by atoms with van der Waals surface area (Å²) in [5.74, 6) is -0.459. The third kappa shape index (κ3) is 4.17. The summed E-state index contributed by atoms with van der Waals surface area (Å²) in [4.78, 5) is 27.5. The molecule has 2 aromatic carbocycles. The van der Waals surface area contributed by atoms with E-state index in [-0.39, 0.29) is 0 Å². The lowest BCUT2D eigenvalue weighted by Crippen LogP contribution is -2.39. The standard InChI is InChI=1S/C18H17ClN4O2S/c1-11(16(24)22-17(20)25)26-18-21-14-9-13(19)7-8-15(14)23(18)10-12-5-3-2-4-6-12/h2-9,11H,10H2,1H3,(H3,20,22,24,25)/t11-/m1/s1. The topological polar surface area (TPSA) is 90.0 Å². The minimum Gasteiger partial charge on any atom is -0.351 e. The second-order valence-corrected chi connectivity index (χ2v) is 7.46. The monoisotopic (exact) mass is 388 g/mol. The first kappa shape index (κ1) is 18.3. The first-order chi connectivity index (χ1) is 12.4. The number of hydrogen-bond donors (Lipinski definition) is 2. The summed E-state index contributed by atoms with van der Waals surface area (Å²) < 4.78 is 2.03. The predicted octanol–water partition coefficient (Wildman–Crippen LogP) is 3.41. The zero-order chi connectivity index (χ0) is 18.7. The number of urea groups is 1. The molecule has 0 unspecified atom stereocenters. The summed E-state index contributed by atoms with van der Waals surface area (Å²) in [5, 5.41) is 2.82. The van der Waals surface area contributed by atoms with Crippen molar-refractivity contribution in [1.29, 1.82) is 0 Å². The molecule has 26 heavy (non-hydrogen) atoms. The van der Waals surface area contributed by atoms with Crippen LogP contribution in [0.1, 0.15) is 12.5 Å². The quantitative estimate of drug-likeness (QED) is 0.655. The number of aromatic nitrogens is 2. The van der Waals surface area contributed by atoms with E-state index >= 15 is 0 Å². The fraction of sp³-hybridized carbons (Fsp3) is 0.167. The molecule has 1 aromatic heterocycles. The Morgan fingerprint density at radius 3 is 2.69 bits per heavy atom. The van der Waals surface area contributed by atoms with Crippen LogP contribution in [0, 0.1) is 0 Å². The zero-order valence-corrected chi connectivity index (χ0v) is 15.6. The van der Waals surface area contributed by atoms with Crippen molar-refractivity contribution in [1.82, 2.24) is 14.9 Å². The van der Waals surface area contributed by atoms with E-state index in [0.717, 1.165) is 16.6 Å². The molecule has 0 fully saturated rings. The van der Waals surface area contributed by atoms with Crippen LogP contribution in [-0.4, -0.2) is 26.7 Å². The first-order valence-electron chi connectivity index (χ1n) is 7.90. The van der Waals surface area contributed by atoms with Gasteiger partial charge in [0.25, 0.3) is 0 Å². The fourth-order valence-corrected chi connectivity index (χ4v) is 3.61. The minimum atomic E-state index is -0.868. The van der Waals surface area contributed by atoms with Crippen molar-refractivity contribution in [3.05, 3.63) is 59.1 Å². The number of imidazole rings is 1. The molecule has 0 bridgehead atoms. The predicted molar refractivity (Wildman–Crippen MR) is 103 cm³/mol.